The lowest BCUT2D eigenvalue weighted by Crippen LogP contribution is -2.46. The third-order valence-corrected chi connectivity index (χ3v) is 6.51. The molecule has 1 saturated heterocycles. The highest BCUT2D eigenvalue weighted by Gasteiger charge is 2.37. The molecule has 1 N–H and O–H groups in total. The molecular weight excluding hydrogens is 390 g/mol. The number of fused-ring (bicyclic) bond motifs is 1. The van der Waals surface area contributed by atoms with Gasteiger partial charge in [-0.25, -0.2) is 0 Å². The number of hydrogen-bond donors (Lipinski definition) is 1. The standard InChI is InChI=1S/C26H26ClN3/c27-22-11-12-24-23(17-22)25(21-9-5-2-6-10-21)29-26(19-28-24)13-15-30(16-14-26)18-20-7-3-1-4-8-20/h1-12,17,28H,13-16,18-19H2. The Morgan fingerprint density at radius 3 is 2.33 bits per heavy atom. The van der Waals surface area contributed by atoms with Gasteiger partial charge in [-0.2, -0.15) is 0 Å². The zero-order valence-electron chi connectivity index (χ0n) is 17.0. The van der Waals surface area contributed by atoms with E-state index in [9.17, 15) is 0 Å². The van der Waals surface area contributed by atoms with E-state index in [4.69, 9.17) is 16.6 Å². The second-order valence-electron chi connectivity index (χ2n) is 8.36. The molecule has 3 aromatic rings. The molecule has 0 unspecified atom stereocenters. The minimum absolute atomic E-state index is 0.0934. The summed E-state index contributed by atoms with van der Waals surface area (Å²) in [6, 6.07) is 27.3. The molecule has 0 aliphatic carbocycles. The van der Waals surface area contributed by atoms with Gasteiger partial charge in [-0.05, 0) is 36.6 Å². The zero-order chi connectivity index (χ0) is 20.4. The van der Waals surface area contributed by atoms with E-state index in [1.54, 1.807) is 0 Å². The summed E-state index contributed by atoms with van der Waals surface area (Å²) < 4.78 is 0. The molecule has 0 bridgehead atoms. The van der Waals surface area contributed by atoms with Crippen molar-refractivity contribution >= 4 is 23.0 Å². The van der Waals surface area contributed by atoms with Gasteiger partial charge in [0, 0.05) is 48.0 Å². The topological polar surface area (TPSA) is 27.6 Å². The molecule has 2 aliphatic heterocycles. The summed E-state index contributed by atoms with van der Waals surface area (Å²) in [4.78, 5) is 7.98. The van der Waals surface area contributed by atoms with Crippen LogP contribution in [0.2, 0.25) is 5.02 Å². The lowest BCUT2D eigenvalue weighted by Gasteiger charge is -2.39. The second kappa shape index (κ2) is 8.25. The Balaban J connectivity index is 1.44. The van der Waals surface area contributed by atoms with Crippen molar-refractivity contribution in [2.24, 2.45) is 4.99 Å². The van der Waals surface area contributed by atoms with Crippen LogP contribution in [-0.2, 0) is 6.54 Å². The number of piperidine rings is 1. The first-order valence-electron chi connectivity index (χ1n) is 10.7. The van der Waals surface area contributed by atoms with E-state index < -0.39 is 0 Å². The fourth-order valence-corrected chi connectivity index (χ4v) is 4.71. The van der Waals surface area contributed by atoms with E-state index in [0.29, 0.717) is 0 Å². The van der Waals surface area contributed by atoms with Crippen LogP contribution < -0.4 is 5.32 Å². The van der Waals surface area contributed by atoms with Crippen molar-refractivity contribution in [2.75, 3.05) is 25.0 Å². The van der Waals surface area contributed by atoms with Gasteiger partial charge in [-0.1, -0.05) is 72.3 Å². The van der Waals surface area contributed by atoms with Crippen molar-refractivity contribution in [2.45, 2.75) is 24.9 Å². The second-order valence-corrected chi connectivity index (χ2v) is 8.79. The number of likely N-dealkylation sites (tertiary alicyclic amines) is 1. The highest BCUT2D eigenvalue weighted by atomic mass is 35.5. The van der Waals surface area contributed by atoms with Gasteiger partial charge in [0.05, 0.1) is 11.3 Å². The summed E-state index contributed by atoms with van der Waals surface area (Å²) in [5.74, 6) is 0. The van der Waals surface area contributed by atoms with Gasteiger partial charge >= 0.3 is 0 Å². The van der Waals surface area contributed by atoms with Crippen molar-refractivity contribution in [1.82, 2.24) is 4.90 Å². The predicted molar refractivity (Wildman–Crippen MR) is 126 cm³/mol. The van der Waals surface area contributed by atoms with E-state index in [1.807, 2.05) is 12.1 Å². The fraction of sp³-hybridized carbons (Fsp3) is 0.269. The average Bonchev–Trinajstić information content (AvgIpc) is 2.94. The molecule has 3 aromatic carbocycles. The first-order chi connectivity index (χ1) is 14.7. The number of nitrogens with one attached hydrogen (secondary N) is 1. The van der Waals surface area contributed by atoms with E-state index >= 15 is 0 Å². The van der Waals surface area contributed by atoms with Crippen LogP contribution >= 0.6 is 11.6 Å². The maximum Gasteiger partial charge on any atom is 0.0811 e. The molecule has 0 aromatic heterocycles. The first-order valence-corrected chi connectivity index (χ1v) is 11.0. The molecule has 1 fully saturated rings. The van der Waals surface area contributed by atoms with Crippen LogP contribution in [0, 0.1) is 0 Å². The third kappa shape index (κ3) is 4.00. The molecule has 1 spiro atoms. The van der Waals surface area contributed by atoms with Crippen LogP contribution in [0.4, 0.5) is 5.69 Å². The van der Waals surface area contributed by atoms with Gasteiger partial charge in [-0.15, -0.1) is 0 Å². The lowest BCUT2D eigenvalue weighted by atomic mass is 9.87. The smallest absolute Gasteiger partial charge is 0.0811 e. The molecule has 0 amide bonds. The van der Waals surface area contributed by atoms with Crippen LogP contribution in [0.1, 0.15) is 29.5 Å². The van der Waals surface area contributed by atoms with Crippen LogP contribution in [0.5, 0.6) is 0 Å². The molecule has 0 saturated carbocycles. The minimum Gasteiger partial charge on any atom is -0.382 e. The average molecular weight is 416 g/mol. The first kappa shape index (κ1) is 19.3. The number of nitrogens with zero attached hydrogens (tertiary/aromatic N) is 2. The molecule has 2 heterocycles. The maximum absolute atomic E-state index is 6.37. The van der Waals surface area contributed by atoms with Gasteiger partial charge in [0.1, 0.15) is 0 Å². The molecule has 2 aliphatic rings. The quantitative estimate of drug-likeness (QED) is 0.599. The molecular formula is C26H26ClN3. The van der Waals surface area contributed by atoms with Crippen molar-refractivity contribution in [1.29, 1.82) is 0 Å². The number of rotatable bonds is 3. The van der Waals surface area contributed by atoms with Crippen LogP contribution in [-0.4, -0.2) is 35.8 Å². The highest BCUT2D eigenvalue weighted by molar-refractivity contribution is 6.31. The van der Waals surface area contributed by atoms with Crippen LogP contribution in [0.3, 0.4) is 0 Å². The fourth-order valence-electron chi connectivity index (χ4n) is 4.54. The van der Waals surface area contributed by atoms with Crippen LogP contribution in [0.15, 0.2) is 83.9 Å². The number of anilines is 1. The SMILES string of the molecule is Clc1ccc2c(c1)C(c1ccccc1)=NC1(CCN(Cc3ccccc3)CC1)CN2. The van der Waals surface area contributed by atoms with Gasteiger partial charge in [0.15, 0.2) is 0 Å². The minimum atomic E-state index is -0.0934. The van der Waals surface area contributed by atoms with E-state index in [1.165, 1.54) is 5.56 Å². The Morgan fingerprint density at radius 2 is 1.60 bits per heavy atom. The Labute approximate surface area is 183 Å². The summed E-state index contributed by atoms with van der Waals surface area (Å²) >= 11 is 6.37. The molecule has 152 valence electrons. The van der Waals surface area contributed by atoms with Crippen molar-refractivity contribution in [3.8, 4) is 0 Å². The van der Waals surface area contributed by atoms with E-state index in [2.05, 4.69) is 76.9 Å². The Hall–Kier alpha value is -2.62. The molecule has 30 heavy (non-hydrogen) atoms. The van der Waals surface area contributed by atoms with Crippen molar-refractivity contribution in [3.05, 3.63) is 101 Å². The number of halogens is 1. The molecule has 5 rings (SSSR count). The van der Waals surface area contributed by atoms with E-state index in [0.717, 1.165) is 66.6 Å². The third-order valence-electron chi connectivity index (χ3n) is 6.28. The predicted octanol–water partition coefficient (Wildman–Crippen LogP) is 5.64. The van der Waals surface area contributed by atoms with Gasteiger partial charge in [0.2, 0.25) is 0 Å². The molecule has 4 heteroatoms. The number of hydrogen-bond acceptors (Lipinski definition) is 3. The highest BCUT2D eigenvalue weighted by Crippen LogP contribution is 2.35. The van der Waals surface area contributed by atoms with Crippen molar-refractivity contribution < 1.29 is 0 Å². The zero-order valence-corrected chi connectivity index (χ0v) is 17.8. The number of benzene rings is 3. The van der Waals surface area contributed by atoms with Gasteiger partial charge in [-0.3, -0.25) is 9.89 Å². The van der Waals surface area contributed by atoms with Crippen molar-refractivity contribution in [3.63, 3.8) is 0 Å². The molecule has 0 radical (unpaired) electrons. The summed E-state index contributed by atoms with van der Waals surface area (Å²) in [6.45, 7) is 3.98. The summed E-state index contributed by atoms with van der Waals surface area (Å²) in [5, 5.41) is 4.43. The van der Waals surface area contributed by atoms with Gasteiger partial charge in [0.25, 0.3) is 0 Å². The Morgan fingerprint density at radius 1 is 0.900 bits per heavy atom. The van der Waals surface area contributed by atoms with Crippen LogP contribution in [0.25, 0.3) is 0 Å². The van der Waals surface area contributed by atoms with E-state index in [-0.39, 0.29) is 5.54 Å². The monoisotopic (exact) mass is 415 g/mol. The summed E-state index contributed by atoms with van der Waals surface area (Å²) in [5.41, 5.74) is 5.69. The number of aliphatic imine (C=N–C) groups is 1. The Bertz CT molecular complexity index is 1040. The van der Waals surface area contributed by atoms with Gasteiger partial charge < -0.3 is 5.32 Å². The molecule has 3 nitrogen and oxygen atoms in total. The largest absolute Gasteiger partial charge is 0.382 e. The summed E-state index contributed by atoms with van der Waals surface area (Å²) in [6.07, 6.45) is 2.09. The normalized spacial score (nSPS) is 18.2. The lowest BCUT2D eigenvalue weighted by molar-refractivity contribution is 0.163. The summed E-state index contributed by atoms with van der Waals surface area (Å²) in [7, 11) is 0. The molecule has 0 atom stereocenters. The maximum atomic E-state index is 6.37. The Kier molecular flexibility index (Phi) is 5.32.